The number of morpholine rings is 1. The van der Waals surface area contributed by atoms with Gasteiger partial charge in [0.25, 0.3) is 0 Å². The van der Waals surface area contributed by atoms with Gasteiger partial charge in [-0.1, -0.05) is 24.3 Å². The summed E-state index contributed by atoms with van der Waals surface area (Å²) >= 11 is 1.46. The van der Waals surface area contributed by atoms with Crippen LogP contribution in [-0.2, 0) is 14.6 Å². The van der Waals surface area contributed by atoms with Crippen LogP contribution in [0.4, 0.5) is 5.88 Å². The Hall–Kier alpha value is -2.16. The summed E-state index contributed by atoms with van der Waals surface area (Å²) in [6, 6.07) is 12.0. The predicted molar refractivity (Wildman–Crippen MR) is 94.7 cm³/mol. The first-order chi connectivity index (χ1) is 12.2. The van der Waals surface area contributed by atoms with E-state index in [2.05, 4.69) is 4.98 Å². The molecule has 2 aromatic heterocycles. The maximum absolute atomic E-state index is 13.1. The molecule has 130 valence electrons. The molecule has 0 spiro atoms. The van der Waals surface area contributed by atoms with Crippen molar-refractivity contribution in [2.24, 2.45) is 0 Å². The minimum absolute atomic E-state index is 0.0380. The highest BCUT2D eigenvalue weighted by Gasteiger charge is 2.32. The average Bonchev–Trinajstić information content (AvgIpc) is 3.33. The first-order valence-electron chi connectivity index (χ1n) is 7.84. The quantitative estimate of drug-likeness (QED) is 0.697. The highest BCUT2D eigenvalue weighted by Crippen LogP contribution is 2.36. The summed E-state index contributed by atoms with van der Waals surface area (Å²) in [7, 11) is -3.77. The Morgan fingerprint density at radius 1 is 1.04 bits per heavy atom. The van der Waals surface area contributed by atoms with Gasteiger partial charge in [-0.05, 0) is 23.6 Å². The summed E-state index contributed by atoms with van der Waals surface area (Å²) in [5, 5.41) is 1.86. The van der Waals surface area contributed by atoms with Crippen LogP contribution in [0.25, 0.3) is 10.8 Å². The molecule has 0 bridgehead atoms. The van der Waals surface area contributed by atoms with Crippen molar-refractivity contribution in [1.82, 2.24) is 4.98 Å². The molecule has 4 rings (SSSR count). The number of thiophene rings is 1. The third-order valence-electron chi connectivity index (χ3n) is 3.92. The lowest BCUT2D eigenvalue weighted by Crippen LogP contribution is -2.36. The average molecular weight is 376 g/mol. The van der Waals surface area contributed by atoms with Gasteiger partial charge in [0, 0.05) is 13.1 Å². The van der Waals surface area contributed by atoms with Gasteiger partial charge in [-0.2, -0.15) is 4.98 Å². The summed E-state index contributed by atoms with van der Waals surface area (Å²) in [5.41, 5.74) is 0. The number of rotatable bonds is 4. The summed E-state index contributed by atoms with van der Waals surface area (Å²) in [4.78, 5) is 7.23. The highest BCUT2D eigenvalue weighted by molar-refractivity contribution is 7.91. The number of anilines is 1. The van der Waals surface area contributed by atoms with Crippen LogP contribution in [0.2, 0.25) is 0 Å². The molecule has 0 atom stereocenters. The van der Waals surface area contributed by atoms with Crippen molar-refractivity contribution in [3.05, 3.63) is 47.8 Å². The molecule has 1 aromatic carbocycles. The van der Waals surface area contributed by atoms with Crippen LogP contribution in [0, 0.1) is 0 Å². The molecule has 0 radical (unpaired) electrons. The number of hydrogen-bond acceptors (Lipinski definition) is 7. The van der Waals surface area contributed by atoms with E-state index in [0.29, 0.717) is 32.2 Å². The fraction of sp³-hybridized carbons (Fsp3) is 0.235. The Kier molecular flexibility index (Phi) is 4.32. The molecule has 8 heteroatoms. The van der Waals surface area contributed by atoms with Crippen LogP contribution in [0.1, 0.15) is 0 Å². The second kappa shape index (κ2) is 6.62. The van der Waals surface area contributed by atoms with Crippen LogP contribution in [0.3, 0.4) is 0 Å². The number of sulfone groups is 1. The minimum atomic E-state index is -3.77. The van der Waals surface area contributed by atoms with Gasteiger partial charge >= 0.3 is 0 Å². The Morgan fingerprint density at radius 3 is 2.48 bits per heavy atom. The van der Waals surface area contributed by atoms with Crippen molar-refractivity contribution in [2.45, 2.75) is 9.92 Å². The maximum atomic E-state index is 13.1. The van der Waals surface area contributed by atoms with Crippen LogP contribution < -0.4 is 4.90 Å². The fourth-order valence-electron chi connectivity index (χ4n) is 2.66. The standard InChI is InChI=1S/C17H16N2O4S2/c20-25(21,13-5-2-1-3-6-13)16-17(19-8-10-22-11-9-19)23-15(18-16)14-7-4-12-24-14/h1-7,12H,8-11H2. The van der Waals surface area contributed by atoms with Crippen molar-refractivity contribution in [2.75, 3.05) is 31.2 Å². The van der Waals surface area contributed by atoms with Crippen molar-refractivity contribution in [1.29, 1.82) is 0 Å². The molecular weight excluding hydrogens is 360 g/mol. The third-order valence-corrected chi connectivity index (χ3v) is 6.44. The van der Waals surface area contributed by atoms with Crippen molar-refractivity contribution in [3.63, 3.8) is 0 Å². The largest absolute Gasteiger partial charge is 0.418 e. The SMILES string of the molecule is O=S(=O)(c1ccccc1)c1nc(-c2cccs2)oc1N1CCOCC1. The molecule has 6 nitrogen and oxygen atoms in total. The Bertz CT molecular complexity index is 944. The zero-order chi connectivity index (χ0) is 17.3. The third kappa shape index (κ3) is 3.08. The summed E-state index contributed by atoms with van der Waals surface area (Å²) in [5.74, 6) is 0.613. The molecule has 0 N–H and O–H groups in total. The van der Waals surface area contributed by atoms with Gasteiger partial charge in [-0.25, -0.2) is 8.42 Å². The molecule has 0 aliphatic carbocycles. The van der Waals surface area contributed by atoms with E-state index < -0.39 is 9.84 Å². The van der Waals surface area contributed by atoms with E-state index in [-0.39, 0.29) is 15.8 Å². The van der Waals surface area contributed by atoms with E-state index >= 15 is 0 Å². The highest BCUT2D eigenvalue weighted by atomic mass is 32.2. The van der Waals surface area contributed by atoms with E-state index in [9.17, 15) is 8.42 Å². The molecule has 25 heavy (non-hydrogen) atoms. The molecule has 1 saturated heterocycles. The number of oxazole rings is 1. The van der Waals surface area contributed by atoms with E-state index in [1.54, 1.807) is 30.3 Å². The normalized spacial score (nSPS) is 15.4. The first kappa shape index (κ1) is 16.3. The van der Waals surface area contributed by atoms with Crippen LogP contribution >= 0.6 is 11.3 Å². The molecule has 3 aromatic rings. The number of nitrogens with zero attached hydrogens (tertiary/aromatic N) is 2. The van der Waals surface area contributed by atoms with E-state index in [4.69, 9.17) is 9.15 Å². The van der Waals surface area contributed by atoms with E-state index in [0.717, 1.165) is 4.88 Å². The van der Waals surface area contributed by atoms with Gasteiger partial charge in [0.1, 0.15) is 0 Å². The van der Waals surface area contributed by atoms with Gasteiger partial charge in [0.2, 0.25) is 26.6 Å². The minimum Gasteiger partial charge on any atom is -0.418 e. The zero-order valence-electron chi connectivity index (χ0n) is 13.3. The lowest BCUT2D eigenvalue weighted by molar-refractivity contribution is 0.120. The van der Waals surface area contributed by atoms with Crippen LogP contribution in [-0.4, -0.2) is 39.7 Å². The van der Waals surface area contributed by atoms with E-state index in [1.165, 1.54) is 11.3 Å². The van der Waals surface area contributed by atoms with Gasteiger partial charge in [-0.3, -0.25) is 0 Å². The lowest BCUT2D eigenvalue weighted by atomic mass is 10.4. The monoisotopic (exact) mass is 376 g/mol. The second-order valence-corrected chi connectivity index (χ2v) is 8.34. The van der Waals surface area contributed by atoms with Crippen LogP contribution in [0.5, 0.6) is 0 Å². The van der Waals surface area contributed by atoms with Gasteiger partial charge in [-0.15, -0.1) is 11.3 Å². The molecular formula is C17H16N2O4S2. The van der Waals surface area contributed by atoms with Gasteiger partial charge < -0.3 is 14.1 Å². The maximum Gasteiger partial charge on any atom is 0.240 e. The molecule has 0 amide bonds. The lowest BCUT2D eigenvalue weighted by Gasteiger charge is -2.26. The smallest absolute Gasteiger partial charge is 0.240 e. The topological polar surface area (TPSA) is 72.6 Å². The zero-order valence-corrected chi connectivity index (χ0v) is 14.9. The number of benzene rings is 1. The molecule has 1 fully saturated rings. The Labute approximate surface area is 149 Å². The van der Waals surface area contributed by atoms with Gasteiger partial charge in [0.15, 0.2) is 0 Å². The number of hydrogen-bond donors (Lipinski definition) is 0. The molecule has 1 aliphatic rings. The number of ether oxygens (including phenoxy) is 1. The van der Waals surface area contributed by atoms with Gasteiger partial charge in [0.05, 0.1) is 23.0 Å². The molecule has 0 unspecified atom stereocenters. The molecule has 3 heterocycles. The second-order valence-electron chi connectivity index (χ2n) is 5.52. The van der Waals surface area contributed by atoms with Crippen molar-refractivity contribution < 1.29 is 17.6 Å². The number of aromatic nitrogens is 1. The first-order valence-corrected chi connectivity index (χ1v) is 10.2. The Morgan fingerprint density at radius 2 is 1.80 bits per heavy atom. The van der Waals surface area contributed by atoms with Crippen molar-refractivity contribution in [3.8, 4) is 10.8 Å². The van der Waals surface area contributed by atoms with Crippen LogP contribution in [0.15, 0.2) is 62.2 Å². The molecule has 0 saturated carbocycles. The van der Waals surface area contributed by atoms with E-state index in [1.807, 2.05) is 22.4 Å². The fourth-order valence-corrected chi connectivity index (χ4v) is 4.65. The Balaban J connectivity index is 1.85. The summed E-state index contributed by atoms with van der Waals surface area (Å²) in [6.07, 6.45) is 0. The summed E-state index contributed by atoms with van der Waals surface area (Å²) < 4.78 is 37.5. The summed E-state index contributed by atoms with van der Waals surface area (Å²) in [6.45, 7) is 2.19. The predicted octanol–water partition coefficient (Wildman–Crippen LogP) is 3.07. The van der Waals surface area contributed by atoms with Crippen molar-refractivity contribution >= 4 is 27.1 Å². The molecule has 1 aliphatic heterocycles.